The summed E-state index contributed by atoms with van der Waals surface area (Å²) in [6, 6.07) is 0.323. The van der Waals surface area contributed by atoms with Gasteiger partial charge < -0.3 is 5.11 Å². The molecule has 3 heteroatoms. The van der Waals surface area contributed by atoms with Gasteiger partial charge in [-0.3, -0.25) is 9.69 Å². The smallest absolute Gasteiger partial charge is 0.308 e. The average Bonchev–Trinajstić information content (AvgIpc) is 2.99. The number of carboxylic acids is 1. The highest BCUT2D eigenvalue weighted by Gasteiger charge is 2.44. The standard InChI is InChI=1S/C17H29NO2/c1-2-4-12-7-8-15(17(19)20)16(9-12)18-10-13-5-3-6-14(13)11-18/h12-16H,2-11H2,1H3,(H,19,20). The normalized spacial score (nSPS) is 41.8. The molecule has 0 amide bonds. The van der Waals surface area contributed by atoms with Crippen LogP contribution < -0.4 is 0 Å². The van der Waals surface area contributed by atoms with Gasteiger partial charge in [-0.25, -0.2) is 0 Å². The zero-order valence-electron chi connectivity index (χ0n) is 12.8. The molecular weight excluding hydrogens is 250 g/mol. The molecule has 1 N–H and O–H groups in total. The Morgan fingerprint density at radius 1 is 1.15 bits per heavy atom. The molecule has 3 rings (SSSR count). The van der Waals surface area contributed by atoms with E-state index < -0.39 is 5.97 Å². The molecule has 0 bridgehead atoms. The van der Waals surface area contributed by atoms with Gasteiger partial charge in [0, 0.05) is 19.1 Å². The Kier molecular flexibility index (Phi) is 4.34. The Balaban J connectivity index is 1.68. The quantitative estimate of drug-likeness (QED) is 0.857. The first-order valence-corrected chi connectivity index (χ1v) is 8.66. The van der Waals surface area contributed by atoms with Crippen LogP contribution in [0.2, 0.25) is 0 Å². The maximum atomic E-state index is 11.6. The molecule has 1 aliphatic heterocycles. The van der Waals surface area contributed by atoms with Crippen molar-refractivity contribution in [2.24, 2.45) is 23.7 Å². The Morgan fingerprint density at radius 3 is 2.45 bits per heavy atom. The molecule has 2 aliphatic carbocycles. The van der Waals surface area contributed by atoms with E-state index in [1.54, 1.807) is 0 Å². The summed E-state index contributed by atoms with van der Waals surface area (Å²) < 4.78 is 0. The second-order valence-electron chi connectivity index (χ2n) is 7.38. The minimum atomic E-state index is -0.554. The molecule has 1 heterocycles. The number of hydrogen-bond donors (Lipinski definition) is 1. The molecular formula is C17H29NO2. The lowest BCUT2D eigenvalue weighted by molar-refractivity contribution is -0.146. The SMILES string of the molecule is CCCC1CCC(C(=O)O)C(N2CC3CCCC3C2)C1. The number of hydrogen-bond acceptors (Lipinski definition) is 2. The molecule has 3 nitrogen and oxygen atoms in total. The molecule has 0 aromatic heterocycles. The van der Waals surface area contributed by atoms with Gasteiger partial charge in [-0.15, -0.1) is 0 Å². The lowest BCUT2D eigenvalue weighted by Crippen LogP contribution is -2.46. The van der Waals surface area contributed by atoms with E-state index in [4.69, 9.17) is 0 Å². The molecule has 114 valence electrons. The summed E-state index contributed by atoms with van der Waals surface area (Å²) >= 11 is 0. The first kappa shape index (κ1) is 14.4. The third-order valence-electron chi connectivity index (χ3n) is 6.16. The van der Waals surface area contributed by atoms with Gasteiger partial charge in [-0.1, -0.05) is 26.2 Å². The van der Waals surface area contributed by atoms with E-state index >= 15 is 0 Å². The number of aliphatic carboxylic acids is 1. The second kappa shape index (κ2) is 6.05. The number of likely N-dealkylation sites (tertiary alicyclic amines) is 1. The molecule has 5 unspecified atom stereocenters. The lowest BCUT2D eigenvalue weighted by atomic mass is 9.76. The zero-order chi connectivity index (χ0) is 14.1. The lowest BCUT2D eigenvalue weighted by Gasteiger charge is -2.39. The fourth-order valence-electron chi connectivity index (χ4n) is 5.14. The highest BCUT2D eigenvalue weighted by Crippen LogP contribution is 2.42. The molecule has 0 spiro atoms. The maximum Gasteiger partial charge on any atom is 0.308 e. The van der Waals surface area contributed by atoms with Gasteiger partial charge >= 0.3 is 5.97 Å². The Morgan fingerprint density at radius 2 is 1.85 bits per heavy atom. The summed E-state index contributed by atoms with van der Waals surface area (Å²) in [5.41, 5.74) is 0. The second-order valence-corrected chi connectivity index (χ2v) is 7.38. The van der Waals surface area contributed by atoms with Crippen molar-refractivity contribution in [3.8, 4) is 0 Å². The Labute approximate surface area is 122 Å². The van der Waals surface area contributed by atoms with Crippen LogP contribution in [0, 0.1) is 23.7 Å². The van der Waals surface area contributed by atoms with E-state index in [-0.39, 0.29) is 5.92 Å². The first-order valence-electron chi connectivity index (χ1n) is 8.66. The zero-order valence-corrected chi connectivity index (χ0v) is 12.8. The van der Waals surface area contributed by atoms with Gasteiger partial charge in [0.05, 0.1) is 5.92 Å². The van der Waals surface area contributed by atoms with Crippen molar-refractivity contribution in [1.29, 1.82) is 0 Å². The van der Waals surface area contributed by atoms with Crippen molar-refractivity contribution < 1.29 is 9.90 Å². The number of carbonyl (C=O) groups is 1. The topological polar surface area (TPSA) is 40.5 Å². The highest BCUT2D eigenvalue weighted by molar-refractivity contribution is 5.71. The van der Waals surface area contributed by atoms with Crippen LogP contribution in [0.15, 0.2) is 0 Å². The van der Waals surface area contributed by atoms with Crippen molar-refractivity contribution >= 4 is 5.97 Å². The fourth-order valence-corrected chi connectivity index (χ4v) is 5.14. The minimum Gasteiger partial charge on any atom is -0.481 e. The predicted octanol–water partition coefficient (Wildman–Crippen LogP) is 3.39. The van der Waals surface area contributed by atoms with Gasteiger partial charge in [-0.2, -0.15) is 0 Å². The highest BCUT2D eigenvalue weighted by atomic mass is 16.4. The molecule has 3 fully saturated rings. The molecule has 0 aromatic rings. The third kappa shape index (κ3) is 2.74. The maximum absolute atomic E-state index is 11.6. The van der Waals surface area contributed by atoms with E-state index in [2.05, 4.69) is 11.8 Å². The number of rotatable bonds is 4. The summed E-state index contributed by atoms with van der Waals surface area (Å²) in [5, 5.41) is 9.56. The van der Waals surface area contributed by atoms with Crippen LogP contribution in [0.4, 0.5) is 0 Å². The number of fused-ring (bicyclic) bond motifs is 1. The summed E-state index contributed by atoms with van der Waals surface area (Å²) in [6.07, 6.45) is 9.83. The summed E-state index contributed by atoms with van der Waals surface area (Å²) in [4.78, 5) is 14.2. The van der Waals surface area contributed by atoms with Gasteiger partial charge in [0.25, 0.3) is 0 Å². The van der Waals surface area contributed by atoms with Crippen molar-refractivity contribution in [3.63, 3.8) is 0 Å². The average molecular weight is 279 g/mol. The first-order chi connectivity index (χ1) is 9.69. The van der Waals surface area contributed by atoms with Gasteiger partial charge in [0.15, 0.2) is 0 Å². The molecule has 0 aromatic carbocycles. The molecule has 3 aliphatic rings. The predicted molar refractivity (Wildman–Crippen MR) is 79.6 cm³/mol. The van der Waals surface area contributed by atoms with Crippen LogP contribution in [0.5, 0.6) is 0 Å². The van der Waals surface area contributed by atoms with Crippen LogP contribution in [0.25, 0.3) is 0 Å². The summed E-state index contributed by atoms with van der Waals surface area (Å²) in [5.74, 6) is 1.84. The van der Waals surface area contributed by atoms with Gasteiger partial charge in [0.2, 0.25) is 0 Å². The van der Waals surface area contributed by atoms with E-state index in [1.807, 2.05) is 0 Å². The third-order valence-corrected chi connectivity index (χ3v) is 6.16. The molecule has 5 atom stereocenters. The summed E-state index contributed by atoms with van der Waals surface area (Å²) in [6.45, 7) is 4.61. The van der Waals surface area contributed by atoms with Crippen LogP contribution in [0.3, 0.4) is 0 Å². The number of carboxylic acid groups (broad SMARTS) is 1. The van der Waals surface area contributed by atoms with E-state index in [0.717, 1.165) is 37.0 Å². The monoisotopic (exact) mass is 279 g/mol. The Hall–Kier alpha value is -0.570. The molecule has 1 saturated heterocycles. The molecule has 0 radical (unpaired) electrons. The molecule has 20 heavy (non-hydrogen) atoms. The van der Waals surface area contributed by atoms with E-state index in [0.29, 0.717) is 6.04 Å². The fraction of sp³-hybridized carbons (Fsp3) is 0.941. The molecule has 2 saturated carbocycles. The minimum absolute atomic E-state index is 0.109. The van der Waals surface area contributed by atoms with Crippen LogP contribution >= 0.6 is 0 Å². The van der Waals surface area contributed by atoms with Crippen molar-refractivity contribution in [1.82, 2.24) is 4.90 Å². The number of nitrogens with zero attached hydrogens (tertiary/aromatic N) is 1. The summed E-state index contributed by atoms with van der Waals surface area (Å²) in [7, 11) is 0. The Bertz CT molecular complexity index is 345. The van der Waals surface area contributed by atoms with Crippen LogP contribution in [0.1, 0.15) is 58.3 Å². The van der Waals surface area contributed by atoms with Crippen molar-refractivity contribution in [3.05, 3.63) is 0 Å². The van der Waals surface area contributed by atoms with Gasteiger partial charge in [-0.05, 0) is 49.9 Å². The largest absolute Gasteiger partial charge is 0.481 e. The van der Waals surface area contributed by atoms with Crippen LogP contribution in [-0.2, 0) is 4.79 Å². The van der Waals surface area contributed by atoms with Crippen molar-refractivity contribution in [2.45, 2.75) is 64.3 Å². The van der Waals surface area contributed by atoms with Crippen LogP contribution in [-0.4, -0.2) is 35.1 Å². The van der Waals surface area contributed by atoms with E-state index in [9.17, 15) is 9.90 Å². The van der Waals surface area contributed by atoms with E-state index in [1.165, 1.54) is 45.2 Å². The van der Waals surface area contributed by atoms with Gasteiger partial charge in [0.1, 0.15) is 0 Å². The van der Waals surface area contributed by atoms with Crippen molar-refractivity contribution in [2.75, 3.05) is 13.1 Å².